The van der Waals surface area contributed by atoms with E-state index in [1.165, 1.54) is 80.1 Å². The summed E-state index contributed by atoms with van der Waals surface area (Å²) in [6.45, 7) is 11.6. The largest absolute Gasteiger partial charge is 0.445 e. The Bertz CT molecular complexity index is 5020. The number of nitrogens with zero attached hydrogens (tertiary/aromatic N) is 5. The maximum absolute atomic E-state index is 15.4. The Hall–Kier alpha value is -12.7. The number of aliphatic hydroxyl groups is 3. The molecule has 1 fully saturated rings. The highest BCUT2D eigenvalue weighted by molar-refractivity contribution is 7.85. The molecule has 3 aliphatic heterocycles. The van der Waals surface area contributed by atoms with Crippen LogP contribution in [0.1, 0.15) is 141 Å². The number of anilines is 1. The van der Waals surface area contributed by atoms with Crippen LogP contribution >= 0.6 is 0 Å². The predicted molar refractivity (Wildman–Crippen MR) is 472 cm³/mol. The Balaban J connectivity index is 0.0000235. The van der Waals surface area contributed by atoms with E-state index in [2.05, 4.69) is 73.4 Å². The first-order valence-electron chi connectivity index (χ1n) is 42.8. The number of nitrogens with one attached hydrogen (secondary N) is 12. The molecule has 14 atom stereocenters. The van der Waals surface area contributed by atoms with Crippen molar-refractivity contribution in [2.75, 3.05) is 90.4 Å². The number of carbonyl (C=O) groups is 17. The van der Waals surface area contributed by atoms with Crippen LogP contribution in [0.2, 0.25) is 0 Å². The van der Waals surface area contributed by atoms with Crippen molar-refractivity contribution in [2.45, 2.75) is 206 Å². The molecule has 3 aliphatic rings. The molecule has 716 valence electrons. The van der Waals surface area contributed by atoms with Gasteiger partial charge in [0.05, 0.1) is 121 Å². The lowest BCUT2D eigenvalue weighted by molar-refractivity contribution is -0.145. The minimum Gasteiger partial charge on any atom is -0.445 e. The lowest BCUT2D eigenvalue weighted by atomic mass is 9.93. The Morgan fingerprint density at radius 3 is 1.98 bits per heavy atom. The second kappa shape index (κ2) is 49.9. The SMILES string of the molecule is C.CCc1nc2ccc(C(=O)NCCOCCOCCC(=O)N[C@@H](C)C(=O)N[C@@H](C)C(=O)N[C@@H](CC(N)=O)C(=O)Nc3ccc(COC(=O)N(C)CCN(C(=O)Oc4ccc5c6c([nH]c5c4)S(=O)C[C@@H]4NC(=O)CNC(=O)[C@H]([C@@H](C)CC)NC(=O)CNC(=O)[C@@H](C6)NC(=O)[C@H]([C@@H](C)[C@@H](O)CO)NC(=O)[C@@H]5C[C@@H](O)CN5C(=O)[C@H](CC(N)=O)CC4=O)C(C)C)cc3)cc2nc1CC. The second-order valence-electron chi connectivity index (χ2n) is 32.3. The molecule has 45 heteroatoms. The summed E-state index contributed by atoms with van der Waals surface area (Å²) in [5.74, 6) is -18.4. The van der Waals surface area contributed by atoms with Crippen molar-refractivity contribution in [3.63, 3.8) is 0 Å². The van der Waals surface area contributed by atoms with Crippen molar-refractivity contribution < 1.29 is 120 Å². The summed E-state index contributed by atoms with van der Waals surface area (Å²) in [4.78, 5) is 249. The highest BCUT2D eigenvalue weighted by Gasteiger charge is 2.46. The average Bonchev–Trinajstić information content (AvgIpc) is 1.64. The zero-order valence-corrected chi connectivity index (χ0v) is 74.9. The van der Waals surface area contributed by atoms with Gasteiger partial charge in [0, 0.05) is 100.0 Å². The molecular weight excluding hydrogens is 1730 g/mol. The summed E-state index contributed by atoms with van der Waals surface area (Å²) in [7, 11) is -1.14. The van der Waals surface area contributed by atoms with Gasteiger partial charge in [0.15, 0.2) is 5.78 Å². The van der Waals surface area contributed by atoms with Crippen molar-refractivity contribution in [3.8, 4) is 5.75 Å². The molecule has 1 saturated heterocycles. The molecule has 0 radical (unpaired) electrons. The number of carbonyl (C=O) groups excluding carboxylic acids is 17. The number of benzene rings is 3. The van der Waals surface area contributed by atoms with Crippen molar-refractivity contribution in [2.24, 2.45) is 29.2 Å². The van der Waals surface area contributed by atoms with Crippen molar-refractivity contribution in [3.05, 3.63) is 88.7 Å². The first-order valence-corrected chi connectivity index (χ1v) is 44.1. The van der Waals surface area contributed by atoms with E-state index in [0.29, 0.717) is 28.6 Å². The van der Waals surface area contributed by atoms with Gasteiger partial charge in [-0.3, -0.25) is 76.1 Å². The molecule has 44 nitrogen and oxygen atoms in total. The number of H-pyrrole nitrogens is 1. The number of aliphatic hydroxyl groups excluding tert-OH is 3. The van der Waals surface area contributed by atoms with Gasteiger partial charge in [0.2, 0.25) is 76.8 Å². The van der Waals surface area contributed by atoms with Crippen molar-refractivity contribution >= 4 is 139 Å². The number of fused-ring (bicyclic) bond motifs is 6. The van der Waals surface area contributed by atoms with E-state index in [1.807, 2.05) is 13.8 Å². The lowest BCUT2D eigenvalue weighted by Crippen LogP contribution is -2.61. The van der Waals surface area contributed by atoms with E-state index in [1.54, 1.807) is 45.9 Å². The number of rotatable bonds is 35. The number of ether oxygens (including phenoxy) is 4. The van der Waals surface area contributed by atoms with Gasteiger partial charge < -0.3 is 124 Å². The number of nitrogens with two attached hydrogens (primary N) is 2. The third-order valence-corrected chi connectivity index (χ3v) is 23.6. The number of aromatic nitrogens is 3. The van der Waals surface area contributed by atoms with Crippen molar-refractivity contribution in [1.82, 2.24) is 82.8 Å². The average molecular weight is 1850 g/mol. The minimum atomic E-state index is -2.54. The van der Waals surface area contributed by atoms with Gasteiger partial charge in [-0.1, -0.05) is 60.6 Å². The summed E-state index contributed by atoms with van der Waals surface area (Å²) in [6, 6.07) is 2.04. The molecule has 131 heavy (non-hydrogen) atoms. The monoisotopic (exact) mass is 1850 g/mol. The van der Waals surface area contributed by atoms with Crippen LogP contribution in [-0.4, -0.2) is 302 Å². The first kappa shape index (κ1) is 105. The third-order valence-electron chi connectivity index (χ3n) is 22.1. The molecule has 3 aromatic carbocycles. The smallest absolute Gasteiger partial charge is 0.415 e. The quantitative estimate of drug-likeness (QED) is 0.0192. The Labute approximate surface area is 758 Å². The van der Waals surface area contributed by atoms with Gasteiger partial charge in [-0.25, -0.2) is 19.6 Å². The van der Waals surface area contributed by atoms with Gasteiger partial charge in [0.1, 0.15) is 59.7 Å². The molecule has 0 aliphatic carbocycles. The molecule has 8 rings (SSSR count). The fourth-order valence-corrected chi connectivity index (χ4v) is 15.8. The highest BCUT2D eigenvalue weighted by atomic mass is 32.2. The van der Waals surface area contributed by atoms with E-state index in [9.17, 15) is 96.8 Å². The molecule has 0 saturated carbocycles. The van der Waals surface area contributed by atoms with Crippen LogP contribution in [-0.2, 0) is 118 Å². The minimum absolute atomic E-state index is 0. The number of amides is 16. The van der Waals surface area contributed by atoms with Gasteiger partial charge >= 0.3 is 12.2 Å². The summed E-state index contributed by atoms with van der Waals surface area (Å²) >= 11 is 0. The fourth-order valence-electron chi connectivity index (χ4n) is 14.4. The maximum atomic E-state index is 15.4. The number of aromatic amines is 1. The van der Waals surface area contributed by atoms with E-state index in [0.717, 1.165) is 29.1 Å². The molecule has 5 aromatic rings. The highest BCUT2D eigenvalue weighted by Crippen LogP contribution is 2.32. The zero-order valence-electron chi connectivity index (χ0n) is 74.0. The van der Waals surface area contributed by atoms with Gasteiger partial charge in [-0.15, -0.1) is 0 Å². The van der Waals surface area contributed by atoms with Gasteiger partial charge in [-0.05, 0) is 100 Å². The molecule has 16 amide bonds. The van der Waals surface area contributed by atoms with Gasteiger partial charge in [0.25, 0.3) is 5.91 Å². The van der Waals surface area contributed by atoms with Crippen LogP contribution in [0.3, 0.4) is 0 Å². The molecule has 5 heterocycles. The molecule has 0 spiro atoms. The summed E-state index contributed by atoms with van der Waals surface area (Å²) in [5, 5.41) is 59.7. The summed E-state index contributed by atoms with van der Waals surface area (Å²) < 4.78 is 37.9. The van der Waals surface area contributed by atoms with Crippen LogP contribution in [0.15, 0.2) is 65.7 Å². The molecule has 19 N–H and O–H groups in total. The number of hydrogen-bond acceptors (Lipinski definition) is 27. The van der Waals surface area contributed by atoms with E-state index >= 15 is 4.21 Å². The lowest BCUT2D eigenvalue weighted by Gasteiger charge is -2.32. The topological polar surface area (TPSA) is 641 Å². The molecular formula is C86H121N19O25S. The molecule has 1 unspecified atom stereocenters. The van der Waals surface area contributed by atoms with Crippen LogP contribution in [0, 0.1) is 17.8 Å². The Kier molecular flexibility index (Phi) is 40.1. The first-order chi connectivity index (χ1) is 61.7. The summed E-state index contributed by atoms with van der Waals surface area (Å²) in [6.07, 6.45) is -6.77. The van der Waals surface area contributed by atoms with Crippen LogP contribution in [0.5, 0.6) is 5.75 Å². The van der Waals surface area contributed by atoms with Crippen LogP contribution in [0.25, 0.3) is 21.9 Å². The number of ketones is 1. The van der Waals surface area contributed by atoms with E-state index in [4.69, 9.17) is 30.4 Å². The summed E-state index contributed by atoms with van der Waals surface area (Å²) in [5.41, 5.74) is 15.3. The predicted octanol–water partition coefficient (Wildman–Crippen LogP) is -2.19. The normalized spacial score (nSPS) is 20.3. The third kappa shape index (κ3) is 30.2. The fraction of sp³-hybridized carbons (Fsp3) is 0.547. The number of primary amides is 2. The zero-order chi connectivity index (χ0) is 95.5. The Morgan fingerprint density at radius 2 is 1.34 bits per heavy atom. The van der Waals surface area contributed by atoms with E-state index < -0.39 is 254 Å². The van der Waals surface area contributed by atoms with Gasteiger partial charge in [-0.2, -0.15) is 0 Å². The number of likely N-dealkylation sites (N-methyl/N-ethyl adjacent to an activating group) is 1. The number of Topliss-reactive ketones (excluding diaryl/α,β-unsaturated/α-hetero) is 1. The molecule has 2 bridgehead atoms. The van der Waals surface area contributed by atoms with Crippen LogP contribution in [0.4, 0.5) is 15.3 Å². The van der Waals surface area contributed by atoms with E-state index in [-0.39, 0.29) is 105 Å². The Morgan fingerprint density at radius 1 is 0.687 bits per heavy atom. The molecule has 2 aromatic heterocycles. The number of aryl methyl sites for hydroxylation is 2. The maximum Gasteiger partial charge on any atom is 0.415 e. The second-order valence-corrected chi connectivity index (χ2v) is 33.7. The number of hydrogen-bond donors (Lipinski definition) is 17. The van der Waals surface area contributed by atoms with Crippen molar-refractivity contribution in [1.29, 1.82) is 0 Å². The van der Waals surface area contributed by atoms with Crippen LogP contribution < -0.4 is 74.7 Å². The standard InChI is InChI=1S/C85H117N19O25S.CH4/c1-11-44(6)72-80(120)90-37-70(112)96-63-42-130(125)82-55(35-61(77(117)89-38-71(113)100-72)98-81(121)73(45(7)66(108)40-105)101-79(119)64-33-52(106)39-104(64)83(122)50(31-65(63)107)32-67(86)109)54-20-19-53(34-59(54)99-82)129-85(124)103(43(4)5)25-24-102(10)84(123)128-41-48-14-17-51(18-15-48)93-78(118)62(36-68(87)110)97-75(115)47(9)92-74(114)46(8)91-69(111)22-26-126-28-29-127-27-23-88-76(116)49-16-21-58-60(30-49)95-57(13-3)56(12-2)94-58;/h14-21,30,34,43-47,50,52,61-64,66,72-73,99,105-106,108H,11-13,22-29,31-33,35-42H2,1-10H3,(H2,86,109)(H2,87,110)(H,88,116)(H,89,117)(H,90,120)(H,91,111)(H,92,114)(H,93,118)(H,96,112)(H,97,115)(H,98,121)(H,100,113)(H,101,119);1H4/t44-,45-,46-,47-,50-,52+,61+,62-,63-,64-,66-,72-,73-,130?;/m0./s1.